The summed E-state index contributed by atoms with van der Waals surface area (Å²) in [6.45, 7) is 5.63. The highest BCUT2D eigenvalue weighted by atomic mass is 35.5. The highest BCUT2D eigenvalue weighted by Gasteiger charge is 2.58. The minimum Gasteiger partial charge on any atom is -0.394 e. The summed E-state index contributed by atoms with van der Waals surface area (Å²) in [5.41, 5.74) is -1.66. The predicted octanol–water partition coefficient (Wildman–Crippen LogP) is 4.80. The molecular weight excluding hydrogens is 535 g/mol. The standard InChI is InChI=1S/C28H33Cl2F2N3O3/c1-27(2,3)12-24-28(16-33,20-8-7-17(29)11-23(20)31)21(19-5-4-6-22(30)26(19)32)13-35(24)14-25(38)34-10-9-18(37)15-36/h4-8,11,18,21,24,36-37H,9-10,12-15H2,1-3H3,(H,34,38)/t18?,21-,24+,28-/m1/s1. The Morgan fingerprint density at radius 1 is 1.29 bits per heavy atom. The van der Waals surface area contributed by atoms with E-state index in [9.17, 15) is 15.2 Å². The number of rotatable bonds is 9. The van der Waals surface area contributed by atoms with Crippen molar-refractivity contribution in [2.75, 3.05) is 26.2 Å². The predicted molar refractivity (Wildman–Crippen MR) is 143 cm³/mol. The molecule has 0 aromatic heterocycles. The molecular formula is C28H33Cl2F2N3O3. The maximum absolute atomic E-state index is 15.6. The van der Waals surface area contributed by atoms with Crippen LogP contribution in [0.5, 0.6) is 0 Å². The molecule has 1 heterocycles. The van der Waals surface area contributed by atoms with Crippen LogP contribution in [0.2, 0.25) is 10.0 Å². The van der Waals surface area contributed by atoms with Gasteiger partial charge in [-0.25, -0.2) is 8.78 Å². The Labute approximate surface area is 232 Å². The average molecular weight is 568 g/mol. The number of nitrogens with zero attached hydrogens (tertiary/aromatic N) is 2. The summed E-state index contributed by atoms with van der Waals surface area (Å²) in [5.74, 6) is -2.59. The molecule has 3 N–H and O–H groups in total. The molecule has 2 aromatic rings. The number of likely N-dealkylation sites (tertiary alicyclic amines) is 1. The Hall–Kier alpha value is -2.28. The van der Waals surface area contributed by atoms with Crippen molar-refractivity contribution in [3.05, 3.63) is 69.2 Å². The third kappa shape index (κ3) is 6.47. The van der Waals surface area contributed by atoms with Crippen LogP contribution in [-0.4, -0.2) is 59.4 Å². The lowest BCUT2D eigenvalue weighted by Crippen LogP contribution is -2.48. The molecule has 1 amide bonds. The molecule has 0 bridgehead atoms. The van der Waals surface area contributed by atoms with Crippen molar-refractivity contribution < 1.29 is 23.8 Å². The topological polar surface area (TPSA) is 96.6 Å². The van der Waals surface area contributed by atoms with Crippen molar-refractivity contribution in [1.82, 2.24) is 10.2 Å². The first kappa shape index (κ1) is 30.3. The largest absolute Gasteiger partial charge is 0.394 e. The fraction of sp³-hybridized carbons (Fsp3) is 0.500. The van der Waals surface area contributed by atoms with Gasteiger partial charge < -0.3 is 15.5 Å². The van der Waals surface area contributed by atoms with Crippen LogP contribution in [-0.2, 0) is 10.2 Å². The molecule has 206 valence electrons. The van der Waals surface area contributed by atoms with Gasteiger partial charge in [-0.1, -0.05) is 62.2 Å². The third-order valence-corrected chi connectivity index (χ3v) is 7.54. The lowest BCUT2D eigenvalue weighted by atomic mass is 9.64. The minimum absolute atomic E-state index is 0.0806. The average Bonchev–Trinajstić information content (AvgIpc) is 3.12. The second-order valence-electron chi connectivity index (χ2n) is 11.0. The minimum atomic E-state index is -1.57. The summed E-state index contributed by atoms with van der Waals surface area (Å²) in [7, 11) is 0. The number of nitriles is 1. The maximum atomic E-state index is 15.6. The first-order valence-electron chi connectivity index (χ1n) is 12.4. The van der Waals surface area contributed by atoms with Crippen LogP contribution in [0, 0.1) is 28.4 Å². The monoisotopic (exact) mass is 567 g/mol. The number of amides is 1. The second-order valence-corrected chi connectivity index (χ2v) is 11.8. The van der Waals surface area contributed by atoms with E-state index < -0.39 is 41.7 Å². The number of aliphatic hydroxyl groups is 2. The van der Waals surface area contributed by atoms with Crippen molar-refractivity contribution in [1.29, 1.82) is 5.26 Å². The van der Waals surface area contributed by atoms with Crippen LogP contribution in [0.15, 0.2) is 36.4 Å². The van der Waals surface area contributed by atoms with Gasteiger partial charge in [0.25, 0.3) is 0 Å². The van der Waals surface area contributed by atoms with Crippen LogP contribution in [0.25, 0.3) is 0 Å². The molecule has 1 aliphatic rings. The van der Waals surface area contributed by atoms with Gasteiger partial charge in [-0.15, -0.1) is 0 Å². The first-order valence-corrected chi connectivity index (χ1v) is 13.2. The molecule has 1 unspecified atom stereocenters. The van der Waals surface area contributed by atoms with Crippen LogP contribution in [0.1, 0.15) is 50.7 Å². The van der Waals surface area contributed by atoms with Crippen molar-refractivity contribution >= 4 is 29.1 Å². The van der Waals surface area contributed by atoms with Gasteiger partial charge in [0.05, 0.1) is 30.3 Å². The van der Waals surface area contributed by atoms with E-state index in [1.165, 1.54) is 18.2 Å². The number of halogens is 4. The second kappa shape index (κ2) is 12.3. The Balaban J connectivity index is 2.14. The van der Waals surface area contributed by atoms with E-state index in [2.05, 4.69) is 11.4 Å². The summed E-state index contributed by atoms with van der Waals surface area (Å²) in [5, 5.41) is 32.2. The van der Waals surface area contributed by atoms with E-state index in [1.807, 2.05) is 20.8 Å². The molecule has 1 saturated heterocycles. The first-order chi connectivity index (χ1) is 17.8. The van der Waals surface area contributed by atoms with Gasteiger partial charge in [0, 0.05) is 35.6 Å². The molecule has 0 saturated carbocycles. The lowest BCUT2D eigenvalue weighted by Gasteiger charge is -2.39. The van der Waals surface area contributed by atoms with E-state index in [4.69, 9.17) is 28.3 Å². The fourth-order valence-electron chi connectivity index (χ4n) is 5.32. The quantitative estimate of drug-likeness (QED) is 0.404. The molecule has 1 aliphatic heterocycles. The molecule has 10 heteroatoms. The Bertz CT molecular complexity index is 1200. The fourth-order valence-corrected chi connectivity index (χ4v) is 5.66. The molecule has 3 rings (SSSR count). The number of nitrogens with one attached hydrogen (secondary N) is 1. The number of carbonyl (C=O) groups is 1. The normalized spacial score (nSPS) is 22.7. The number of carbonyl (C=O) groups excluding carboxylic acids is 1. The SMILES string of the molecule is CC(C)(C)C[C@@H]1N(CC(=O)NCCC(O)CO)C[C@H](c2cccc(Cl)c2F)[C@@]1(C#N)c1ccc(Cl)cc1F. The van der Waals surface area contributed by atoms with Gasteiger partial charge in [-0.3, -0.25) is 9.69 Å². The molecule has 0 aliphatic carbocycles. The molecule has 0 radical (unpaired) electrons. The van der Waals surface area contributed by atoms with Gasteiger partial charge in [0.1, 0.15) is 17.0 Å². The number of benzene rings is 2. The molecule has 4 atom stereocenters. The number of aliphatic hydroxyl groups excluding tert-OH is 2. The van der Waals surface area contributed by atoms with Gasteiger partial charge in [-0.2, -0.15) is 5.26 Å². The zero-order valence-electron chi connectivity index (χ0n) is 21.6. The van der Waals surface area contributed by atoms with Crippen LogP contribution in [0.3, 0.4) is 0 Å². The third-order valence-electron chi connectivity index (χ3n) is 7.01. The summed E-state index contributed by atoms with van der Waals surface area (Å²) in [4.78, 5) is 14.7. The van der Waals surface area contributed by atoms with Crippen LogP contribution >= 0.6 is 23.2 Å². The van der Waals surface area contributed by atoms with E-state index in [1.54, 1.807) is 17.0 Å². The molecule has 2 aromatic carbocycles. The van der Waals surface area contributed by atoms with E-state index >= 15 is 8.78 Å². The van der Waals surface area contributed by atoms with Crippen molar-refractivity contribution in [3.63, 3.8) is 0 Å². The summed E-state index contributed by atoms with van der Waals surface area (Å²) >= 11 is 12.2. The zero-order chi connectivity index (χ0) is 28.3. The van der Waals surface area contributed by atoms with Crippen molar-refractivity contribution in [2.45, 2.75) is 57.1 Å². The van der Waals surface area contributed by atoms with E-state index in [-0.39, 0.29) is 58.5 Å². The van der Waals surface area contributed by atoms with Gasteiger partial charge in [-0.05, 0) is 42.0 Å². The summed E-state index contributed by atoms with van der Waals surface area (Å²) in [6, 6.07) is 10.3. The smallest absolute Gasteiger partial charge is 0.234 e. The van der Waals surface area contributed by atoms with Gasteiger partial charge in [0.15, 0.2) is 0 Å². The van der Waals surface area contributed by atoms with E-state index in [0.717, 1.165) is 6.07 Å². The van der Waals surface area contributed by atoms with Crippen molar-refractivity contribution in [2.24, 2.45) is 5.41 Å². The maximum Gasteiger partial charge on any atom is 0.234 e. The zero-order valence-corrected chi connectivity index (χ0v) is 23.2. The highest BCUT2D eigenvalue weighted by Crippen LogP contribution is 2.53. The van der Waals surface area contributed by atoms with Gasteiger partial charge in [0.2, 0.25) is 5.91 Å². The Morgan fingerprint density at radius 2 is 2.00 bits per heavy atom. The molecule has 6 nitrogen and oxygen atoms in total. The number of hydrogen-bond acceptors (Lipinski definition) is 5. The highest BCUT2D eigenvalue weighted by molar-refractivity contribution is 6.31. The Morgan fingerprint density at radius 3 is 2.61 bits per heavy atom. The molecule has 1 fully saturated rings. The molecule has 0 spiro atoms. The van der Waals surface area contributed by atoms with Crippen LogP contribution < -0.4 is 5.32 Å². The van der Waals surface area contributed by atoms with Gasteiger partial charge >= 0.3 is 0 Å². The number of hydrogen-bond donors (Lipinski definition) is 3. The summed E-state index contributed by atoms with van der Waals surface area (Å²) < 4.78 is 31.0. The molecule has 38 heavy (non-hydrogen) atoms. The van der Waals surface area contributed by atoms with Crippen molar-refractivity contribution in [3.8, 4) is 6.07 Å². The summed E-state index contributed by atoms with van der Waals surface area (Å²) in [6.07, 6.45) is -0.384. The van der Waals surface area contributed by atoms with Crippen LogP contribution in [0.4, 0.5) is 8.78 Å². The Kier molecular flexibility index (Phi) is 9.77. The lowest BCUT2D eigenvalue weighted by molar-refractivity contribution is -0.122. The van der Waals surface area contributed by atoms with E-state index in [0.29, 0.717) is 6.42 Å².